The fourth-order valence-corrected chi connectivity index (χ4v) is 4.34. The zero-order valence-electron chi connectivity index (χ0n) is 9.65. The predicted octanol–water partition coefficient (Wildman–Crippen LogP) is 2.26. The Hall–Kier alpha value is -0.510. The van der Waals surface area contributed by atoms with Gasteiger partial charge in [-0.2, -0.15) is 0 Å². The second kappa shape index (κ2) is 3.76. The van der Waals surface area contributed by atoms with E-state index in [-0.39, 0.29) is 10.8 Å². The molecule has 2 aliphatic heterocycles. The molecule has 3 heteroatoms. The predicted molar refractivity (Wildman–Crippen MR) is 68.7 cm³/mol. The molecular weight excluding hydrogens is 216 g/mol. The summed E-state index contributed by atoms with van der Waals surface area (Å²) >= 11 is 2.02. The molecule has 1 unspecified atom stereocenters. The number of hydrogen-bond acceptors (Lipinski definition) is 3. The molecule has 16 heavy (non-hydrogen) atoms. The van der Waals surface area contributed by atoms with Gasteiger partial charge in [0.25, 0.3) is 0 Å². The van der Waals surface area contributed by atoms with Gasteiger partial charge in [-0.25, -0.2) is 0 Å². The molecular formula is C13H18N2S. The Morgan fingerprint density at radius 2 is 2.00 bits per heavy atom. The third kappa shape index (κ3) is 1.50. The lowest BCUT2D eigenvalue weighted by Crippen LogP contribution is -2.45. The molecule has 0 radical (unpaired) electrons. The molecule has 0 bridgehead atoms. The van der Waals surface area contributed by atoms with Crippen molar-refractivity contribution in [2.75, 3.05) is 20.1 Å². The Kier molecular flexibility index (Phi) is 2.50. The molecule has 86 valence electrons. The van der Waals surface area contributed by atoms with Crippen LogP contribution in [0.15, 0.2) is 29.2 Å². The Bertz CT molecular complexity index is 397. The van der Waals surface area contributed by atoms with Crippen molar-refractivity contribution in [3.8, 4) is 0 Å². The third-order valence-electron chi connectivity index (χ3n) is 3.97. The molecule has 0 aromatic heterocycles. The van der Waals surface area contributed by atoms with Crippen LogP contribution in [-0.4, -0.2) is 29.8 Å². The van der Waals surface area contributed by atoms with Crippen LogP contribution in [0.3, 0.4) is 0 Å². The second-order valence-electron chi connectivity index (χ2n) is 4.99. The van der Waals surface area contributed by atoms with E-state index in [0.29, 0.717) is 0 Å². The van der Waals surface area contributed by atoms with E-state index in [4.69, 9.17) is 5.73 Å². The number of thioether (sulfide) groups is 1. The summed E-state index contributed by atoms with van der Waals surface area (Å²) in [5, 5.41) is 0. The molecule has 1 aromatic rings. The number of fused-ring (bicyclic) bond motifs is 1. The van der Waals surface area contributed by atoms with Crippen molar-refractivity contribution in [1.29, 1.82) is 0 Å². The SMILES string of the molecule is CN1CCC2(CC1)Sc1ccccc1C2N. The highest BCUT2D eigenvalue weighted by Gasteiger charge is 2.46. The maximum absolute atomic E-state index is 6.46. The molecule has 0 saturated carbocycles. The van der Waals surface area contributed by atoms with Crippen molar-refractivity contribution in [3.63, 3.8) is 0 Å². The van der Waals surface area contributed by atoms with Gasteiger partial charge in [0.15, 0.2) is 0 Å². The molecule has 1 saturated heterocycles. The lowest BCUT2D eigenvalue weighted by Gasteiger charge is -2.40. The topological polar surface area (TPSA) is 29.3 Å². The number of benzene rings is 1. The highest BCUT2D eigenvalue weighted by molar-refractivity contribution is 8.01. The minimum absolute atomic E-state index is 0.224. The fourth-order valence-electron chi connectivity index (χ4n) is 2.81. The minimum atomic E-state index is 0.224. The summed E-state index contributed by atoms with van der Waals surface area (Å²) in [6.45, 7) is 2.35. The van der Waals surface area contributed by atoms with Gasteiger partial charge in [-0.3, -0.25) is 0 Å². The van der Waals surface area contributed by atoms with E-state index in [0.717, 1.165) is 0 Å². The third-order valence-corrected chi connectivity index (χ3v) is 5.63. The van der Waals surface area contributed by atoms with Gasteiger partial charge in [-0.1, -0.05) is 18.2 Å². The van der Waals surface area contributed by atoms with Crippen molar-refractivity contribution in [3.05, 3.63) is 29.8 Å². The first-order valence-corrected chi connectivity index (χ1v) is 6.75. The van der Waals surface area contributed by atoms with Crippen LogP contribution < -0.4 is 5.73 Å². The molecule has 1 atom stereocenters. The van der Waals surface area contributed by atoms with Crippen molar-refractivity contribution >= 4 is 11.8 Å². The number of piperidine rings is 1. The van der Waals surface area contributed by atoms with E-state index < -0.39 is 0 Å². The largest absolute Gasteiger partial charge is 0.323 e. The van der Waals surface area contributed by atoms with E-state index in [1.165, 1.54) is 36.4 Å². The molecule has 2 aliphatic rings. The van der Waals surface area contributed by atoms with Crippen LogP contribution in [-0.2, 0) is 0 Å². The first-order valence-electron chi connectivity index (χ1n) is 5.93. The van der Waals surface area contributed by atoms with E-state index in [1.807, 2.05) is 11.8 Å². The van der Waals surface area contributed by atoms with Crippen LogP contribution in [0.2, 0.25) is 0 Å². The summed E-state index contributed by atoms with van der Waals surface area (Å²) < 4.78 is 0.274. The summed E-state index contributed by atoms with van der Waals surface area (Å²) in [5.74, 6) is 0. The Balaban J connectivity index is 1.91. The zero-order chi connectivity index (χ0) is 11.2. The molecule has 1 fully saturated rings. The Morgan fingerprint density at radius 3 is 2.69 bits per heavy atom. The summed E-state index contributed by atoms with van der Waals surface area (Å²) in [6, 6.07) is 8.86. The molecule has 2 heterocycles. The number of nitrogens with zero attached hydrogens (tertiary/aromatic N) is 1. The Morgan fingerprint density at radius 1 is 1.31 bits per heavy atom. The average Bonchev–Trinajstić information content (AvgIpc) is 2.58. The van der Waals surface area contributed by atoms with E-state index >= 15 is 0 Å². The van der Waals surface area contributed by atoms with Gasteiger partial charge >= 0.3 is 0 Å². The molecule has 1 spiro atoms. The van der Waals surface area contributed by atoms with Gasteiger partial charge in [-0.15, -0.1) is 11.8 Å². The van der Waals surface area contributed by atoms with Crippen molar-refractivity contribution in [2.45, 2.75) is 28.5 Å². The quantitative estimate of drug-likeness (QED) is 0.746. The van der Waals surface area contributed by atoms with Gasteiger partial charge in [0.2, 0.25) is 0 Å². The number of likely N-dealkylation sites (tertiary alicyclic amines) is 1. The zero-order valence-corrected chi connectivity index (χ0v) is 10.5. The maximum Gasteiger partial charge on any atom is 0.0459 e. The number of nitrogens with two attached hydrogens (primary N) is 1. The van der Waals surface area contributed by atoms with Crippen LogP contribution in [0, 0.1) is 0 Å². The monoisotopic (exact) mass is 234 g/mol. The van der Waals surface area contributed by atoms with Crippen LogP contribution in [0.5, 0.6) is 0 Å². The molecule has 0 amide bonds. The Labute approximate surface area is 101 Å². The first kappa shape index (κ1) is 10.6. The van der Waals surface area contributed by atoms with Crippen molar-refractivity contribution in [2.24, 2.45) is 5.73 Å². The molecule has 2 N–H and O–H groups in total. The first-order chi connectivity index (χ1) is 7.71. The molecule has 2 nitrogen and oxygen atoms in total. The van der Waals surface area contributed by atoms with Crippen LogP contribution in [0.25, 0.3) is 0 Å². The van der Waals surface area contributed by atoms with Gasteiger partial charge in [0, 0.05) is 15.7 Å². The second-order valence-corrected chi connectivity index (χ2v) is 6.44. The van der Waals surface area contributed by atoms with Crippen molar-refractivity contribution < 1.29 is 0 Å². The van der Waals surface area contributed by atoms with Gasteiger partial charge in [0.1, 0.15) is 0 Å². The lowest BCUT2D eigenvalue weighted by molar-refractivity contribution is 0.224. The molecule has 3 rings (SSSR count). The molecule has 0 aliphatic carbocycles. The highest BCUT2D eigenvalue weighted by atomic mass is 32.2. The summed E-state index contributed by atoms with van der Waals surface area (Å²) in [4.78, 5) is 3.81. The minimum Gasteiger partial charge on any atom is -0.323 e. The molecule has 1 aromatic carbocycles. The van der Waals surface area contributed by atoms with Crippen molar-refractivity contribution in [1.82, 2.24) is 4.90 Å². The smallest absolute Gasteiger partial charge is 0.0459 e. The van der Waals surface area contributed by atoms with Crippen LogP contribution in [0.4, 0.5) is 0 Å². The summed E-state index contributed by atoms with van der Waals surface area (Å²) in [5.41, 5.74) is 7.82. The number of hydrogen-bond donors (Lipinski definition) is 1. The van der Waals surface area contributed by atoms with E-state index in [1.54, 1.807) is 0 Å². The number of rotatable bonds is 0. The van der Waals surface area contributed by atoms with Gasteiger partial charge < -0.3 is 10.6 Å². The normalized spacial score (nSPS) is 28.2. The lowest BCUT2D eigenvalue weighted by atomic mass is 9.85. The maximum atomic E-state index is 6.46. The van der Waals surface area contributed by atoms with Crippen LogP contribution >= 0.6 is 11.8 Å². The highest BCUT2D eigenvalue weighted by Crippen LogP contribution is 2.55. The van der Waals surface area contributed by atoms with Gasteiger partial charge in [0.05, 0.1) is 0 Å². The standard InChI is InChI=1S/C13H18N2S/c1-15-8-6-13(7-9-15)12(14)10-4-2-3-5-11(10)16-13/h2-5,12H,6-9,14H2,1H3. The summed E-state index contributed by atoms with van der Waals surface area (Å²) in [7, 11) is 2.20. The van der Waals surface area contributed by atoms with Crippen LogP contribution in [0.1, 0.15) is 24.4 Å². The summed E-state index contributed by atoms with van der Waals surface area (Å²) in [6.07, 6.45) is 2.42. The average molecular weight is 234 g/mol. The fraction of sp³-hybridized carbons (Fsp3) is 0.538. The van der Waals surface area contributed by atoms with Gasteiger partial charge in [-0.05, 0) is 44.6 Å². The van der Waals surface area contributed by atoms with E-state index in [2.05, 4.69) is 36.2 Å². The van der Waals surface area contributed by atoms with E-state index in [9.17, 15) is 0 Å².